The van der Waals surface area contributed by atoms with Gasteiger partial charge in [-0.15, -0.1) is 0 Å². The molecule has 0 fully saturated rings. The molecule has 1 aromatic rings. The van der Waals surface area contributed by atoms with Gasteiger partial charge in [-0.05, 0) is 37.5 Å². The van der Waals surface area contributed by atoms with Crippen molar-refractivity contribution in [3.63, 3.8) is 0 Å². The van der Waals surface area contributed by atoms with Crippen molar-refractivity contribution in [2.75, 3.05) is 20.2 Å². The number of methoxy groups -OCH3 is 1. The summed E-state index contributed by atoms with van der Waals surface area (Å²) in [5.41, 5.74) is 5.10. The SMILES string of the molecule is COc1c(C)c(C)cc(C)c1CNCCNC(C)C. The van der Waals surface area contributed by atoms with Crippen LogP contribution in [0, 0.1) is 20.8 Å². The van der Waals surface area contributed by atoms with E-state index in [0.29, 0.717) is 6.04 Å². The van der Waals surface area contributed by atoms with Gasteiger partial charge in [0.2, 0.25) is 0 Å². The molecule has 0 atom stereocenters. The Kier molecular flexibility index (Phi) is 6.32. The average Bonchev–Trinajstić information content (AvgIpc) is 2.34. The topological polar surface area (TPSA) is 33.3 Å². The molecule has 3 heteroatoms. The first-order valence-corrected chi connectivity index (χ1v) is 7.05. The lowest BCUT2D eigenvalue weighted by molar-refractivity contribution is 0.403. The Bertz CT molecular complexity index is 414. The number of ether oxygens (including phenoxy) is 1. The quantitative estimate of drug-likeness (QED) is 0.743. The number of aryl methyl sites for hydroxylation is 2. The second kappa shape index (κ2) is 7.51. The summed E-state index contributed by atoms with van der Waals surface area (Å²) < 4.78 is 5.58. The minimum atomic E-state index is 0.541. The van der Waals surface area contributed by atoms with Gasteiger partial charge in [-0.3, -0.25) is 0 Å². The lowest BCUT2D eigenvalue weighted by Gasteiger charge is -2.17. The van der Waals surface area contributed by atoms with E-state index in [4.69, 9.17) is 4.74 Å². The highest BCUT2D eigenvalue weighted by molar-refractivity contribution is 5.49. The molecule has 0 bridgehead atoms. The van der Waals surface area contributed by atoms with Gasteiger partial charge in [-0.2, -0.15) is 0 Å². The molecule has 108 valence electrons. The van der Waals surface area contributed by atoms with Crippen LogP contribution in [-0.2, 0) is 6.54 Å². The van der Waals surface area contributed by atoms with Gasteiger partial charge in [-0.25, -0.2) is 0 Å². The molecule has 0 amide bonds. The fraction of sp³-hybridized carbons (Fsp3) is 0.625. The fourth-order valence-electron chi connectivity index (χ4n) is 2.26. The van der Waals surface area contributed by atoms with Gasteiger partial charge in [0.1, 0.15) is 5.75 Å². The molecule has 1 rings (SSSR count). The monoisotopic (exact) mass is 264 g/mol. The Hall–Kier alpha value is -1.06. The van der Waals surface area contributed by atoms with E-state index >= 15 is 0 Å². The van der Waals surface area contributed by atoms with Crippen LogP contribution in [0.5, 0.6) is 5.75 Å². The molecule has 0 saturated heterocycles. The summed E-state index contributed by atoms with van der Waals surface area (Å²) in [6, 6.07) is 2.78. The third-order valence-electron chi connectivity index (χ3n) is 3.48. The molecule has 0 heterocycles. The van der Waals surface area contributed by atoms with E-state index in [1.54, 1.807) is 7.11 Å². The third-order valence-corrected chi connectivity index (χ3v) is 3.48. The van der Waals surface area contributed by atoms with E-state index in [1.165, 1.54) is 22.3 Å². The molecule has 0 aliphatic heterocycles. The van der Waals surface area contributed by atoms with Crippen molar-refractivity contribution >= 4 is 0 Å². The van der Waals surface area contributed by atoms with Gasteiger partial charge in [0.15, 0.2) is 0 Å². The zero-order valence-corrected chi connectivity index (χ0v) is 13.2. The van der Waals surface area contributed by atoms with Crippen molar-refractivity contribution < 1.29 is 4.74 Å². The first-order valence-electron chi connectivity index (χ1n) is 7.05. The van der Waals surface area contributed by atoms with Crippen LogP contribution in [-0.4, -0.2) is 26.2 Å². The molecule has 0 aromatic heterocycles. The highest BCUT2D eigenvalue weighted by Gasteiger charge is 2.11. The molecule has 2 N–H and O–H groups in total. The molecular formula is C16H28N2O. The second-order valence-corrected chi connectivity index (χ2v) is 5.43. The Balaban J connectivity index is 2.65. The van der Waals surface area contributed by atoms with E-state index in [0.717, 1.165) is 25.4 Å². The minimum Gasteiger partial charge on any atom is -0.496 e. The van der Waals surface area contributed by atoms with Crippen molar-refractivity contribution in [2.24, 2.45) is 0 Å². The van der Waals surface area contributed by atoms with Crippen molar-refractivity contribution in [2.45, 2.75) is 47.2 Å². The summed E-state index contributed by atoms with van der Waals surface area (Å²) in [6.45, 7) is 13.5. The number of benzene rings is 1. The smallest absolute Gasteiger partial charge is 0.126 e. The molecule has 3 nitrogen and oxygen atoms in total. The summed E-state index contributed by atoms with van der Waals surface area (Å²) in [4.78, 5) is 0. The van der Waals surface area contributed by atoms with Crippen LogP contribution >= 0.6 is 0 Å². The molecule has 19 heavy (non-hydrogen) atoms. The normalized spacial score (nSPS) is 11.1. The van der Waals surface area contributed by atoms with Gasteiger partial charge in [0.05, 0.1) is 7.11 Å². The standard InChI is InChI=1S/C16H28N2O/c1-11(2)18-8-7-17-10-15-13(4)9-12(3)14(5)16(15)19-6/h9,11,17-18H,7-8,10H2,1-6H3. The average molecular weight is 264 g/mol. The van der Waals surface area contributed by atoms with Gasteiger partial charge < -0.3 is 15.4 Å². The summed E-state index contributed by atoms with van der Waals surface area (Å²) in [5, 5.41) is 6.88. The number of rotatable bonds is 7. The molecular weight excluding hydrogens is 236 g/mol. The van der Waals surface area contributed by atoms with Gasteiger partial charge in [0.25, 0.3) is 0 Å². The van der Waals surface area contributed by atoms with Crippen molar-refractivity contribution in [1.29, 1.82) is 0 Å². The van der Waals surface area contributed by atoms with Crippen LogP contribution in [0.1, 0.15) is 36.1 Å². The van der Waals surface area contributed by atoms with Gasteiger partial charge in [0, 0.05) is 31.2 Å². The van der Waals surface area contributed by atoms with Crippen LogP contribution in [0.4, 0.5) is 0 Å². The highest BCUT2D eigenvalue weighted by Crippen LogP contribution is 2.29. The van der Waals surface area contributed by atoms with Gasteiger partial charge in [-0.1, -0.05) is 19.9 Å². The van der Waals surface area contributed by atoms with Crippen LogP contribution in [0.15, 0.2) is 6.07 Å². The lowest BCUT2D eigenvalue weighted by atomic mass is 9.99. The lowest BCUT2D eigenvalue weighted by Crippen LogP contribution is -2.31. The molecule has 0 aliphatic carbocycles. The Labute approximate surface area is 117 Å². The fourth-order valence-corrected chi connectivity index (χ4v) is 2.26. The van der Waals surface area contributed by atoms with Crippen LogP contribution in [0.2, 0.25) is 0 Å². The molecule has 0 radical (unpaired) electrons. The highest BCUT2D eigenvalue weighted by atomic mass is 16.5. The van der Waals surface area contributed by atoms with Crippen molar-refractivity contribution in [3.05, 3.63) is 28.3 Å². The largest absolute Gasteiger partial charge is 0.496 e. The predicted molar refractivity (Wildman–Crippen MR) is 82.1 cm³/mol. The summed E-state index contributed by atoms with van der Waals surface area (Å²) in [5.74, 6) is 1.03. The maximum Gasteiger partial charge on any atom is 0.126 e. The van der Waals surface area contributed by atoms with Crippen LogP contribution in [0.3, 0.4) is 0 Å². The maximum absolute atomic E-state index is 5.58. The van der Waals surface area contributed by atoms with E-state index in [9.17, 15) is 0 Å². The summed E-state index contributed by atoms with van der Waals surface area (Å²) >= 11 is 0. The summed E-state index contributed by atoms with van der Waals surface area (Å²) in [7, 11) is 1.75. The number of hydrogen-bond acceptors (Lipinski definition) is 3. The number of nitrogens with one attached hydrogen (secondary N) is 2. The first kappa shape index (κ1) is 16.0. The van der Waals surface area contributed by atoms with E-state index < -0.39 is 0 Å². The third kappa shape index (κ3) is 4.51. The predicted octanol–water partition coefficient (Wildman–Crippen LogP) is 2.71. The summed E-state index contributed by atoms with van der Waals surface area (Å²) in [6.07, 6.45) is 0. The van der Waals surface area contributed by atoms with Crippen LogP contribution < -0.4 is 15.4 Å². The van der Waals surface area contributed by atoms with Crippen molar-refractivity contribution in [1.82, 2.24) is 10.6 Å². The zero-order chi connectivity index (χ0) is 14.4. The van der Waals surface area contributed by atoms with E-state index in [-0.39, 0.29) is 0 Å². The number of hydrogen-bond donors (Lipinski definition) is 2. The molecule has 0 saturated carbocycles. The first-order chi connectivity index (χ1) is 8.97. The van der Waals surface area contributed by atoms with Gasteiger partial charge >= 0.3 is 0 Å². The Morgan fingerprint density at radius 3 is 2.37 bits per heavy atom. The molecule has 1 aromatic carbocycles. The van der Waals surface area contributed by atoms with E-state index in [2.05, 4.69) is 51.3 Å². The van der Waals surface area contributed by atoms with Crippen molar-refractivity contribution in [3.8, 4) is 5.75 Å². The Morgan fingerprint density at radius 1 is 1.11 bits per heavy atom. The molecule has 0 unspecified atom stereocenters. The Morgan fingerprint density at radius 2 is 1.79 bits per heavy atom. The minimum absolute atomic E-state index is 0.541. The zero-order valence-electron chi connectivity index (χ0n) is 13.2. The molecule has 0 aliphatic rings. The van der Waals surface area contributed by atoms with Crippen LogP contribution in [0.25, 0.3) is 0 Å². The van der Waals surface area contributed by atoms with E-state index in [1.807, 2.05) is 0 Å². The molecule has 0 spiro atoms. The maximum atomic E-state index is 5.58. The second-order valence-electron chi connectivity index (χ2n) is 5.43.